The highest BCUT2D eigenvalue weighted by molar-refractivity contribution is 7.89. The third kappa shape index (κ3) is 3.61. The van der Waals surface area contributed by atoms with Gasteiger partial charge in [-0.2, -0.15) is 4.31 Å². The maximum atomic E-state index is 12.8. The molecule has 1 aliphatic carbocycles. The van der Waals surface area contributed by atoms with E-state index in [0.717, 1.165) is 32.1 Å². The Morgan fingerprint density at radius 3 is 2.75 bits per heavy atom. The van der Waals surface area contributed by atoms with Crippen LogP contribution in [0, 0.1) is 6.92 Å². The SMILES string of the molecule is Cc1oc(C(=O)NC[C@H]2CCCc3ccccc32)cc1S(=O)(=O)N1CCCC1. The molecule has 2 aromatic rings. The first-order valence-corrected chi connectivity index (χ1v) is 11.4. The molecule has 0 bridgehead atoms. The largest absolute Gasteiger partial charge is 0.455 e. The maximum Gasteiger partial charge on any atom is 0.287 e. The van der Waals surface area contributed by atoms with E-state index in [0.29, 0.717) is 19.6 Å². The van der Waals surface area contributed by atoms with Crippen LogP contribution in [0.25, 0.3) is 0 Å². The summed E-state index contributed by atoms with van der Waals surface area (Å²) in [4.78, 5) is 12.7. The summed E-state index contributed by atoms with van der Waals surface area (Å²) in [6, 6.07) is 9.73. The van der Waals surface area contributed by atoms with Gasteiger partial charge in [0.2, 0.25) is 10.0 Å². The van der Waals surface area contributed by atoms with Gasteiger partial charge in [0.05, 0.1) is 0 Å². The van der Waals surface area contributed by atoms with E-state index in [1.807, 2.05) is 12.1 Å². The number of fused-ring (bicyclic) bond motifs is 1. The summed E-state index contributed by atoms with van der Waals surface area (Å²) >= 11 is 0. The van der Waals surface area contributed by atoms with Crippen molar-refractivity contribution in [1.29, 1.82) is 0 Å². The van der Waals surface area contributed by atoms with Crippen molar-refractivity contribution in [3.63, 3.8) is 0 Å². The predicted octanol–water partition coefficient (Wildman–Crippen LogP) is 3.22. The maximum absolute atomic E-state index is 12.8. The quantitative estimate of drug-likeness (QED) is 0.833. The van der Waals surface area contributed by atoms with Gasteiger partial charge in [-0.3, -0.25) is 4.79 Å². The molecule has 2 heterocycles. The van der Waals surface area contributed by atoms with Crippen LogP contribution in [0.4, 0.5) is 0 Å². The normalized spacial score (nSPS) is 20.1. The van der Waals surface area contributed by atoms with E-state index in [2.05, 4.69) is 17.4 Å². The number of carbonyl (C=O) groups excluding carboxylic acids is 1. The van der Waals surface area contributed by atoms with Gasteiger partial charge < -0.3 is 9.73 Å². The fourth-order valence-corrected chi connectivity index (χ4v) is 5.95. The molecule has 0 spiro atoms. The fraction of sp³-hybridized carbons (Fsp3) is 0.476. The van der Waals surface area contributed by atoms with Crippen molar-refractivity contribution in [3.8, 4) is 0 Å². The van der Waals surface area contributed by atoms with Crippen molar-refractivity contribution in [2.45, 2.75) is 49.8 Å². The molecular formula is C21H26N2O4S. The van der Waals surface area contributed by atoms with E-state index >= 15 is 0 Å². The number of furan rings is 1. The molecule has 1 saturated heterocycles. The number of nitrogens with zero attached hydrogens (tertiary/aromatic N) is 1. The van der Waals surface area contributed by atoms with E-state index in [4.69, 9.17) is 4.42 Å². The first kappa shape index (κ1) is 19.2. The van der Waals surface area contributed by atoms with Gasteiger partial charge in [-0.25, -0.2) is 8.42 Å². The number of nitrogens with one attached hydrogen (secondary N) is 1. The molecule has 6 nitrogen and oxygen atoms in total. The van der Waals surface area contributed by atoms with Crippen LogP contribution in [0.1, 0.15) is 59.0 Å². The lowest BCUT2D eigenvalue weighted by atomic mass is 9.83. The van der Waals surface area contributed by atoms with Crippen molar-refractivity contribution < 1.29 is 17.6 Å². The molecule has 28 heavy (non-hydrogen) atoms. The third-order valence-electron chi connectivity index (χ3n) is 5.78. The lowest BCUT2D eigenvalue weighted by Crippen LogP contribution is -2.30. The van der Waals surface area contributed by atoms with Crippen molar-refractivity contribution in [3.05, 3.63) is 53.0 Å². The smallest absolute Gasteiger partial charge is 0.287 e. The summed E-state index contributed by atoms with van der Waals surface area (Å²) in [6.45, 7) is 3.16. The average molecular weight is 403 g/mol. The van der Waals surface area contributed by atoms with Gasteiger partial charge in [0.25, 0.3) is 5.91 Å². The van der Waals surface area contributed by atoms with Crippen LogP contribution in [0.2, 0.25) is 0 Å². The Hall–Kier alpha value is -2.12. The minimum atomic E-state index is -3.60. The summed E-state index contributed by atoms with van der Waals surface area (Å²) in [5.41, 5.74) is 2.64. The summed E-state index contributed by atoms with van der Waals surface area (Å²) in [7, 11) is -3.60. The molecule has 4 rings (SSSR count). The second-order valence-electron chi connectivity index (χ2n) is 7.64. The third-order valence-corrected chi connectivity index (χ3v) is 7.79. The Labute approximate surface area is 166 Å². The van der Waals surface area contributed by atoms with E-state index in [-0.39, 0.29) is 28.2 Å². The van der Waals surface area contributed by atoms with Crippen LogP contribution in [-0.2, 0) is 16.4 Å². The van der Waals surface area contributed by atoms with E-state index in [1.54, 1.807) is 6.92 Å². The minimum absolute atomic E-state index is 0.0550. The molecule has 0 saturated carbocycles. The van der Waals surface area contributed by atoms with Crippen molar-refractivity contribution >= 4 is 15.9 Å². The van der Waals surface area contributed by atoms with Gasteiger partial charge in [0.15, 0.2) is 5.76 Å². The highest BCUT2D eigenvalue weighted by atomic mass is 32.2. The number of hydrogen-bond donors (Lipinski definition) is 1. The number of amides is 1. The second kappa shape index (κ2) is 7.72. The van der Waals surface area contributed by atoms with Crippen LogP contribution in [0.5, 0.6) is 0 Å². The standard InChI is InChI=1S/C21H26N2O4S/c1-15-20(28(25,26)23-11-4-5-12-23)13-19(27-15)21(24)22-14-17-9-6-8-16-7-2-3-10-18(16)17/h2-3,7,10,13,17H,4-6,8-9,11-12,14H2,1H3,(H,22,24)/t17-/m1/s1. The highest BCUT2D eigenvalue weighted by Gasteiger charge is 2.32. The number of sulfonamides is 1. The zero-order chi connectivity index (χ0) is 19.7. The van der Waals surface area contributed by atoms with E-state index in [1.165, 1.54) is 21.5 Å². The van der Waals surface area contributed by atoms with Gasteiger partial charge in [-0.05, 0) is 50.2 Å². The zero-order valence-electron chi connectivity index (χ0n) is 16.1. The molecule has 0 radical (unpaired) electrons. The number of hydrogen-bond acceptors (Lipinski definition) is 4. The fourth-order valence-electron chi connectivity index (χ4n) is 4.27. The first-order chi connectivity index (χ1) is 13.5. The molecule has 1 amide bonds. The monoisotopic (exact) mass is 402 g/mol. The van der Waals surface area contributed by atoms with Gasteiger partial charge in [-0.15, -0.1) is 0 Å². The van der Waals surface area contributed by atoms with E-state index in [9.17, 15) is 13.2 Å². The Morgan fingerprint density at radius 2 is 1.96 bits per heavy atom. The first-order valence-electron chi connectivity index (χ1n) is 9.93. The molecule has 1 aliphatic heterocycles. The topological polar surface area (TPSA) is 79.6 Å². The molecule has 7 heteroatoms. The molecule has 0 unspecified atom stereocenters. The average Bonchev–Trinajstić information content (AvgIpc) is 3.36. The van der Waals surface area contributed by atoms with Crippen molar-refractivity contribution in [2.24, 2.45) is 0 Å². The highest BCUT2D eigenvalue weighted by Crippen LogP contribution is 2.31. The number of benzene rings is 1. The lowest BCUT2D eigenvalue weighted by Gasteiger charge is -2.25. The number of rotatable bonds is 5. The van der Waals surface area contributed by atoms with Crippen LogP contribution in [-0.4, -0.2) is 38.3 Å². The van der Waals surface area contributed by atoms with Crippen molar-refractivity contribution in [2.75, 3.05) is 19.6 Å². The molecule has 1 fully saturated rings. The Kier molecular flexibility index (Phi) is 5.29. The Bertz CT molecular complexity index is 974. The zero-order valence-corrected chi connectivity index (χ0v) is 16.9. The Morgan fingerprint density at radius 1 is 1.21 bits per heavy atom. The number of carbonyl (C=O) groups is 1. The van der Waals surface area contributed by atoms with Crippen molar-refractivity contribution in [1.82, 2.24) is 9.62 Å². The molecule has 2 aliphatic rings. The second-order valence-corrected chi connectivity index (χ2v) is 9.55. The summed E-state index contributed by atoms with van der Waals surface area (Å²) in [6.07, 6.45) is 4.95. The molecule has 150 valence electrons. The lowest BCUT2D eigenvalue weighted by molar-refractivity contribution is 0.0921. The van der Waals surface area contributed by atoms with Gasteiger partial charge >= 0.3 is 0 Å². The van der Waals surface area contributed by atoms with Crippen LogP contribution in [0.15, 0.2) is 39.6 Å². The summed E-state index contributed by atoms with van der Waals surface area (Å²) in [5.74, 6) is 0.228. The predicted molar refractivity (Wildman–Crippen MR) is 106 cm³/mol. The molecular weight excluding hydrogens is 376 g/mol. The molecule has 1 aromatic carbocycles. The van der Waals surface area contributed by atoms with Gasteiger partial charge in [0, 0.05) is 31.6 Å². The van der Waals surface area contributed by atoms with Crippen LogP contribution in [0.3, 0.4) is 0 Å². The number of aryl methyl sites for hydroxylation is 2. The summed E-state index contributed by atoms with van der Waals surface area (Å²) < 4.78 is 32.5. The molecule has 1 aromatic heterocycles. The minimum Gasteiger partial charge on any atom is -0.455 e. The Balaban J connectivity index is 1.47. The van der Waals surface area contributed by atoms with Crippen LogP contribution < -0.4 is 5.32 Å². The molecule has 1 atom stereocenters. The van der Waals surface area contributed by atoms with Gasteiger partial charge in [-0.1, -0.05) is 24.3 Å². The molecule has 1 N–H and O–H groups in total. The summed E-state index contributed by atoms with van der Waals surface area (Å²) in [5, 5.41) is 2.93. The van der Waals surface area contributed by atoms with Gasteiger partial charge in [0.1, 0.15) is 10.7 Å². The van der Waals surface area contributed by atoms with Crippen LogP contribution >= 0.6 is 0 Å². The van der Waals surface area contributed by atoms with E-state index < -0.39 is 10.0 Å².